The van der Waals surface area contributed by atoms with E-state index in [0.717, 1.165) is 66.6 Å². The first-order valence-electron chi connectivity index (χ1n) is 15.9. The quantitative estimate of drug-likeness (QED) is 0.159. The number of fused-ring (bicyclic) bond motifs is 2. The van der Waals surface area contributed by atoms with Gasteiger partial charge in [-0.05, 0) is 92.5 Å². The fourth-order valence-electron chi connectivity index (χ4n) is 5.74. The monoisotopic (exact) mass is 734 g/mol. The molecule has 2 aliphatic rings. The molecule has 0 atom stereocenters. The molecule has 4 aromatic rings. The first kappa shape index (κ1) is 38.7. The van der Waals surface area contributed by atoms with Gasteiger partial charge in [0.1, 0.15) is 23.6 Å². The molecule has 6 rings (SSSR count). The van der Waals surface area contributed by atoms with Gasteiger partial charge >= 0.3 is 0 Å². The molecule has 2 fully saturated rings. The van der Waals surface area contributed by atoms with Crippen LogP contribution in [0.5, 0.6) is 0 Å². The standard InChI is InChI=1S/C16H23N5O2S.C10H9ClN2.C6H15N3O2S/c1-11-6-13-14(7-12(11)2)18-10-19-15(13)21-8-16(3,9-21)4-5-20-24(17,22)23;1-6-3-8-9(4-7(6)2)12-5-13-10(8)11;1-6(4-8-5-6)2-3-9-12(7,10)11/h6-7,10,20H,4-5,8-9H2,1-3H3,(H2,17,22,23);3-5H,1-2H3;8-9H,2-5H2,1H3,(H2,7,10,11). The molecule has 0 aliphatic carbocycles. The molecule has 2 aliphatic heterocycles. The van der Waals surface area contributed by atoms with E-state index in [1.165, 1.54) is 28.6 Å². The molecule has 4 heterocycles. The van der Waals surface area contributed by atoms with Gasteiger partial charge in [-0.3, -0.25) is 0 Å². The number of benzene rings is 2. The molecule has 2 aromatic heterocycles. The highest BCUT2D eigenvalue weighted by atomic mass is 35.5. The van der Waals surface area contributed by atoms with Crippen molar-refractivity contribution in [1.29, 1.82) is 0 Å². The first-order valence-corrected chi connectivity index (χ1v) is 19.3. The van der Waals surface area contributed by atoms with E-state index in [4.69, 9.17) is 21.9 Å². The Hall–Kier alpha value is -3.09. The van der Waals surface area contributed by atoms with Crippen LogP contribution in [0.2, 0.25) is 5.15 Å². The maximum absolute atomic E-state index is 11.0. The zero-order chi connectivity index (χ0) is 36.2. The molecular weight excluding hydrogens is 688 g/mol. The van der Waals surface area contributed by atoms with Crippen LogP contribution in [0.4, 0.5) is 5.82 Å². The molecule has 2 saturated heterocycles. The summed E-state index contributed by atoms with van der Waals surface area (Å²) in [6.45, 7) is 16.9. The van der Waals surface area contributed by atoms with Crippen molar-refractivity contribution in [3.05, 3.63) is 64.3 Å². The van der Waals surface area contributed by atoms with Gasteiger partial charge in [0.25, 0.3) is 20.4 Å². The number of anilines is 1. The molecule has 2 aromatic carbocycles. The van der Waals surface area contributed by atoms with Crippen molar-refractivity contribution in [1.82, 2.24) is 34.7 Å². The highest BCUT2D eigenvalue weighted by Crippen LogP contribution is 2.38. The van der Waals surface area contributed by atoms with Crippen molar-refractivity contribution < 1.29 is 16.8 Å². The van der Waals surface area contributed by atoms with Crippen LogP contribution in [0, 0.1) is 38.5 Å². The Bertz CT molecular complexity index is 2020. The Morgan fingerprint density at radius 1 is 0.735 bits per heavy atom. The largest absolute Gasteiger partial charge is 0.355 e. The number of hydrogen-bond acceptors (Lipinski definition) is 10. The summed E-state index contributed by atoms with van der Waals surface area (Å²) in [5.74, 6) is 0.944. The van der Waals surface area contributed by atoms with Gasteiger partial charge in [-0.15, -0.1) is 0 Å². The lowest BCUT2D eigenvalue weighted by molar-refractivity contribution is 0.182. The van der Waals surface area contributed by atoms with Crippen molar-refractivity contribution in [2.45, 2.75) is 54.4 Å². The molecule has 268 valence electrons. The van der Waals surface area contributed by atoms with Crippen molar-refractivity contribution >= 4 is 59.6 Å². The number of nitrogens with zero attached hydrogens (tertiary/aromatic N) is 5. The summed E-state index contributed by atoms with van der Waals surface area (Å²) in [5.41, 5.74) is 7.03. The number of nitrogens with one attached hydrogen (secondary N) is 3. The lowest BCUT2D eigenvalue weighted by Crippen LogP contribution is -2.56. The number of aryl methyl sites for hydroxylation is 4. The predicted molar refractivity (Wildman–Crippen MR) is 196 cm³/mol. The third-order valence-corrected chi connectivity index (χ3v) is 10.6. The highest BCUT2D eigenvalue weighted by molar-refractivity contribution is 7.87. The van der Waals surface area contributed by atoms with E-state index in [1.807, 2.05) is 12.1 Å². The topological polar surface area (TPSA) is 211 Å². The third kappa shape index (κ3) is 10.9. The van der Waals surface area contributed by atoms with E-state index < -0.39 is 20.4 Å². The second kappa shape index (κ2) is 15.4. The molecule has 0 bridgehead atoms. The van der Waals surface area contributed by atoms with Crippen LogP contribution in [0.15, 0.2) is 36.9 Å². The Kier molecular flexibility index (Phi) is 12.2. The zero-order valence-corrected chi connectivity index (χ0v) is 31.2. The lowest BCUT2D eigenvalue weighted by Gasteiger charge is -2.49. The van der Waals surface area contributed by atoms with E-state index in [9.17, 15) is 16.8 Å². The van der Waals surface area contributed by atoms with Gasteiger partial charge in [0, 0.05) is 55.5 Å². The summed E-state index contributed by atoms with van der Waals surface area (Å²) in [4.78, 5) is 19.1. The third-order valence-electron chi connectivity index (χ3n) is 9.04. The second-order valence-electron chi connectivity index (χ2n) is 13.7. The van der Waals surface area contributed by atoms with Gasteiger partial charge in [0.05, 0.1) is 11.0 Å². The Morgan fingerprint density at radius 2 is 1.18 bits per heavy atom. The number of rotatable bonds is 9. The molecule has 17 heteroatoms. The van der Waals surface area contributed by atoms with Crippen LogP contribution >= 0.6 is 11.6 Å². The van der Waals surface area contributed by atoms with Gasteiger partial charge in [0.2, 0.25) is 0 Å². The van der Waals surface area contributed by atoms with Crippen molar-refractivity contribution in [3.63, 3.8) is 0 Å². The smallest absolute Gasteiger partial charge is 0.274 e. The fraction of sp³-hybridized carbons (Fsp3) is 0.500. The molecule has 49 heavy (non-hydrogen) atoms. The van der Waals surface area contributed by atoms with Crippen molar-refractivity contribution in [2.75, 3.05) is 44.2 Å². The summed E-state index contributed by atoms with van der Waals surface area (Å²) in [6.07, 6.45) is 4.65. The minimum atomic E-state index is -3.62. The predicted octanol–water partition coefficient (Wildman–Crippen LogP) is 2.94. The summed E-state index contributed by atoms with van der Waals surface area (Å²) >= 11 is 5.93. The Balaban J connectivity index is 0.000000182. The van der Waals surface area contributed by atoms with Crippen LogP contribution < -0.4 is 29.9 Å². The molecule has 0 amide bonds. The molecule has 0 radical (unpaired) electrons. The Labute approximate surface area is 294 Å². The van der Waals surface area contributed by atoms with Gasteiger partial charge in [-0.25, -0.2) is 39.7 Å². The second-order valence-corrected chi connectivity index (χ2v) is 16.8. The SMILES string of the molecule is CC1(CCNS(N)(=O)=O)CNC1.Cc1cc2ncnc(Cl)c2cc1C.Cc1cc2ncnc(N3CC(C)(CCNS(N)(=O)=O)C3)c2cc1C. The van der Waals surface area contributed by atoms with E-state index in [-0.39, 0.29) is 10.8 Å². The molecule has 0 unspecified atom stereocenters. The van der Waals surface area contributed by atoms with E-state index in [0.29, 0.717) is 18.2 Å². The van der Waals surface area contributed by atoms with Gasteiger partial charge in [0.15, 0.2) is 0 Å². The maximum Gasteiger partial charge on any atom is 0.274 e. The molecular formula is C32H47ClN10O4S2. The average Bonchev–Trinajstić information content (AvgIpc) is 2.96. The van der Waals surface area contributed by atoms with Crippen LogP contribution in [0.3, 0.4) is 0 Å². The minimum absolute atomic E-state index is 0.0503. The van der Waals surface area contributed by atoms with Crippen molar-refractivity contribution in [2.24, 2.45) is 21.1 Å². The minimum Gasteiger partial charge on any atom is -0.355 e. The summed E-state index contributed by atoms with van der Waals surface area (Å²) < 4.78 is 47.5. The van der Waals surface area contributed by atoms with E-state index >= 15 is 0 Å². The molecule has 14 nitrogen and oxygen atoms in total. The van der Waals surface area contributed by atoms with Gasteiger partial charge in [-0.1, -0.05) is 25.4 Å². The normalized spacial score (nSPS) is 16.6. The van der Waals surface area contributed by atoms with Crippen LogP contribution in [-0.4, -0.2) is 76.0 Å². The summed E-state index contributed by atoms with van der Waals surface area (Å²) in [6, 6.07) is 8.27. The number of halogens is 1. The summed E-state index contributed by atoms with van der Waals surface area (Å²) in [7, 11) is -7.12. The number of nitrogens with two attached hydrogens (primary N) is 2. The van der Waals surface area contributed by atoms with Gasteiger partial charge in [-0.2, -0.15) is 16.8 Å². The van der Waals surface area contributed by atoms with Crippen LogP contribution in [0.25, 0.3) is 21.8 Å². The Morgan fingerprint density at radius 3 is 1.67 bits per heavy atom. The molecule has 0 saturated carbocycles. The highest BCUT2D eigenvalue weighted by Gasteiger charge is 2.39. The van der Waals surface area contributed by atoms with Crippen LogP contribution in [-0.2, 0) is 20.4 Å². The van der Waals surface area contributed by atoms with Crippen LogP contribution in [0.1, 0.15) is 48.9 Å². The number of aromatic nitrogens is 4. The maximum atomic E-state index is 11.0. The van der Waals surface area contributed by atoms with E-state index in [2.05, 4.69) is 93.3 Å². The lowest BCUT2D eigenvalue weighted by atomic mass is 9.79. The fourth-order valence-corrected chi connectivity index (χ4v) is 6.71. The zero-order valence-electron chi connectivity index (χ0n) is 28.8. The number of hydrogen-bond donors (Lipinski definition) is 5. The first-order chi connectivity index (χ1) is 22.8. The molecule has 7 N–H and O–H groups in total. The average molecular weight is 735 g/mol. The molecule has 0 spiro atoms. The van der Waals surface area contributed by atoms with Gasteiger partial charge < -0.3 is 10.2 Å². The van der Waals surface area contributed by atoms with E-state index in [1.54, 1.807) is 6.33 Å². The summed E-state index contributed by atoms with van der Waals surface area (Å²) in [5, 5.41) is 15.4. The van der Waals surface area contributed by atoms with Crippen molar-refractivity contribution in [3.8, 4) is 0 Å².